The van der Waals surface area contributed by atoms with Gasteiger partial charge in [0.05, 0.1) is 11.6 Å². The van der Waals surface area contributed by atoms with Crippen molar-refractivity contribution < 1.29 is 14.3 Å². The third-order valence-electron chi connectivity index (χ3n) is 6.84. The van der Waals surface area contributed by atoms with Crippen molar-refractivity contribution in [3.63, 3.8) is 0 Å². The van der Waals surface area contributed by atoms with Crippen molar-refractivity contribution in [3.05, 3.63) is 83.0 Å². The minimum Gasteiger partial charge on any atom is -0.444 e. The fourth-order valence-electron chi connectivity index (χ4n) is 4.87. The van der Waals surface area contributed by atoms with E-state index in [2.05, 4.69) is 45.9 Å². The smallest absolute Gasteiger partial charge is 0.408 e. The number of ether oxygens (including phenoxy) is 1. The van der Waals surface area contributed by atoms with Gasteiger partial charge in [-0.25, -0.2) is 4.79 Å². The van der Waals surface area contributed by atoms with E-state index in [1.807, 2.05) is 65.0 Å². The molecule has 0 aliphatic heterocycles. The van der Waals surface area contributed by atoms with Crippen LogP contribution >= 0.6 is 0 Å². The third kappa shape index (κ3) is 4.68. The highest BCUT2D eigenvalue weighted by Crippen LogP contribution is 2.48. The van der Waals surface area contributed by atoms with Crippen molar-refractivity contribution in [2.45, 2.75) is 64.6 Å². The molecule has 36 heavy (non-hydrogen) atoms. The molecule has 1 aromatic heterocycles. The monoisotopic (exact) mass is 483 g/mol. The van der Waals surface area contributed by atoms with Gasteiger partial charge in [-0.15, -0.1) is 0 Å². The van der Waals surface area contributed by atoms with Crippen molar-refractivity contribution in [1.82, 2.24) is 15.6 Å². The molecule has 1 saturated carbocycles. The van der Waals surface area contributed by atoms with E-state index < -0.39 is 11.7 Å². The summed E-state index contributed by atoms with van der Waals surface area (Å²) in [6, 6.07) is 20.3. The molecule has 2 amide bonds. The van der Waals surface area contributed by atoms with Crippen LogP contribution in [0.15, 0.2) is 60.7 Å². The maximum Gasteiger partial charge on any atom is 0.408 e. The molecule has 0 spiro atoms. The van der Waals surface area contributed by atoms with Gasteiger partial charge < -0.3 is 20.4 Å². The normalized spacial score (nSPS) is 15.5. The summed E-state index contributed by atoms with van der Waals surface area (Å²) in [5.74, 6) is -0.0732. The maximum absolute atomic E-state index is 13.5. The summed E-state index contributed by atoms with van der Waals surface area (Å²) in [7, 11) is 0. The molecule has 186 valence electrons. The van der Waals surface area contributed by atoms with Gasteiger partial charge >= 0.3 is 6.09 Å². The molecular weight excluding hydrogens is 450 g/mol. The Labute approximate surface area is 211 Å². The van der Waals surface area contributed by atoms with Crippen molar-refractivity contribution in [2.75, 3.05) is 0 Å². The van der Waals surface area contributed by atoms with Gasteiger partial charge in [0.25, 0.3) is 5.91 Å². The average Bonchev–Trinajstić information content (AvgIpc) is 3.46. The fourth-order valence-corrected chi connectivity index (χ4v) is 4.87. The van der Waals surface area contributed by atoms with Crippen LogP contribution in [0.2, 0.25) is 0 Å². The molecule has 1 aliphatic rings. The van der Waals surface area contributed by atoms with Crippen LogP contribution in [-0.2, 0) is 10.3 Å². The molecule has 3 N–H and O–H groups in total. The average molecular weight is 484 g/mol. The second-order valence-electron chi connectivity index (χ2n) is 10.9. The number of alkyl carbamates (subject to hydrolysis) is 1. The number of amides is 2. The first-order valence-corrected chi connectivity index (χ1v) is 12.5. The van der Waals surface area contributed by atoms with E-state index in [0.717, 1.165) is 35.0 Å². The van der Waals surface area contributed by atoms with Crippen LogP contribution in [-0.4, -0.2) is 22.6 Å². The van der Waals surface area contributed by atoms with Crippen molar-refractivity contribution >= 4 is 33.7 Å². The second-order valence-corrected chi connectivity index (χ2v) is 10.9. The van der Waals surface area contributed by atoms with E-state index in [4.69, 9.17) is 4.74 Å². The number of rotatable bonds is 5. The van der Waals surface area contributed by atoms with Gasteiger partial charge in [0.1, 0.15) is 5.60 Å². The molecule has 1 atom stereocenters. The lowest BCUT2D eigenvalue weighted by Crippen LogP contribution is -2.35. The predicted octanol–water partition coefficient (Wildman–Crippen LogP) is 6.63. The quantitative estimate of drug-likeness (QED) is 0.298. The Hall–Kier alpha value is -3.80. The topological polar surface area (TPSA) is 83.2 Å². The van der Waals surface area contributed by atoms with E-state index in [9.17, 15) is 9.59 Å². The van der Waals surface area contributed by atoms with Gasteiger partial charge in [-0.2, -0.15) is 0 Å². The molecule has 1 fully saturated rings. The number of H-pyrrole nitrogens is 1. The first kappa shape index (κ1) is 23.9. The summed E-state index contributed by atoms with van der Waals surface area (Å²) in [5.41, 5.74) is 3.55. The van der Waals surface area contributed by atoms with E-state index in [0.29, 0.717) is 5.56 Å². The Morgan fingerprint density at radius 1 is 1.00 bits per heavy atom. The number of benzene rings is 3. The van der Waals surface area contributed by atoms with Crippen molar-refractivity contribution in [3.8, 4) is 0 Å². The molecule has 0 saturated heterocycles. The number of hydrogen-bond donors (Lipinski definition) is 3. The second kappa shape index (κ2) is 8.70. The number of fused-ring (bicyclic) bond motifs is 2. The van der Waals surface area contributed by atoms with Crippen LogP contribution in [0.4, 0.5) is 4.79 Å². The van der Waals surface area contributed by atoms with E-state index in [1.54, 1.807) is 0 Å². The third-order valence-corrected chi connectivity index (χ3v) is 6.84. The number of nitrogens with one attached hydrogen (secondary N) is 3. The highest BCUT2D eigenvalue weighted by molar-refractivity contribution is 6.01. The van der Waals surface area contributed by atoms with Gasteiger partial charge in [0, 0.05) is 22.2 Å². The number of carbonyl (C=O) groups excluding carboxylic acids is 2. The number of aromatic nitrogens is 1. The predicted molar refractivity (Wildman–Crippen MR) is 143 cm³/mol. The van der Waals surface area contributed by atoms with E-state index in [1.165, 1.54) is 16.3 Å². The Kier molecular flexibility index (Phi) is 5.78. The van der Waals surface area contributed by atoms with Gasteiger partial charge in [-0.1, -0.05) is 42.5 Å². The molecule has 5 rings (SSSR count). The molecule has 4 aromatic rings. The van der Waals surface area contributed by atoms with Crippen LogP contribution in [0.3, 0.4) is 0 Å². The lowest BCUT2D eigenvalue weighted by atomic mass is 9.96. The van der Waals surface area contributed by atoms with Crippen molar-refractivity contribution in [2.24, 2.45) is 0 Å². The highest BCUT2D eigenvalue weighted by Gasteiger charge is 2.46. The molecule has 1 heterocycles. The van der Waals surface area contributed by atoms with E-state index in [-0.39, 0.29) is 17.5 Å². The highest BCUT2D eigenvalue weighted by atomic mass is 16.6. The maximum atomic E-state index is 13.5. The number of aromatic amines is 1. The zero-order chi connectivity index (χ0) is 25.7. The van der Waals surface area contributed by atoms with Gasteiger partial charge in [0.2, 0.25) is 0 Å². The minimum absolute atomic E-state index is 0.0732. The zero-order valence-electron chi connectivity index (χ0n) is 21.5. The summed E-state index contributed by atoms with van der Waals surface area (Å²) in [5, 5.41) is 9.57. The summed E-state index contributed by atoms with van der Waals surface area (Å²) in [4.78, 5) is 29.1. The molecule has 6 nitrogen and oxygen atoms in total. The summed E-state index contributed by atoms with van der Waals surface area (Å²) in [6.45, 7) is 9.36. The summed E-state index contributed by atoms with van der Waals surface area (Å²) in [6.07, 6.45) is 1.39. The molecule has 6 heteroatoms. The molecule has 0 radical (unpaired) electrons. The van der Waals surface area contributed by atoms with Crippen LogP contribution in [0, 0.1) is 6.92 Å². The largest absolute Gasteiger partial charge is 0.444 e. The van der Waals surface area contributed by atoms with Crippen LogP contribution in [0.1, 0.15) is 73.8 Å². The molecule has 0 bridgehead atoms. The molecular formula is C30H33N3O3. The van der Waals surface area contributed by atoms with Crippen LogP contribution in [0.5, 0.6) is 0 Å². The minimum atomic E-state index is -0.561. The van der Waals surface area contributed by atoms with Crippen molar-refractivity contribution in [1.29, 1.82) is 0 Å². The zero-order valence-corrected chi connectivity index (χ0v) is 21.5. The van der Waals surface area contributed by atoms with Crippen LogP contribution in [0.25, 0.3) is 21.7 Å². The Balaban J connectivity index is 1.38. The summed E-state index contributed by atoms with van der Waals surface area (Å²) >= 11 is 0. The Bertz CT molecular complexity index is 1470. The SMILES string of the molecule is Cc1cc2cc(C(C)NC(=O)OC(C)(C)C)[nH]c2cc1C(=O)NC1(c2cccc3ccccc23)CC1. The molecule has 1 aliphatic carbocycles. The molecule has 3 aromatic carbocycles. The first-order valence-electron chi connectivity index (χ1n) is 12.5. The van der Waals surface area contributed by atoms with Gasteiger partial charge in [0.15, 0.2) is 0 Å². The van der Waals surface area contributed by atoms with Gasteiger partial charge in [-0.3, -0.25) is 4.79 Å². The summed E-state index contributed by atoms with van der Waals surface area (Å²) < 4.78 is 5.37. The molecule has 1 unspecified atom stereocenters. The number of aryl methyl sites for hydroxylation is 1. The Morgan fingerprint density at radius 2 is 1.72 bits per heavy atom. The Morgan fingerprint density at radius 3 is 2.44 bits per heavy atom. The fraction of sp³-hybridized carbons (Fsp3) is 0.333. The standard InChI is InChI=1S/C30H33N3O3/c1-18-15-21-16-25(19(2)31-28(35)36-29(3,4)5)32-26(21)17-23(18)27(34)33-30(13-14-30)24-12-8-10-20-9-6-7-11-22(20)24/h6-12,15-17,19,32H,13-14H2,1-5H3,(H,31,35)(H,33,34). The lowest BCUT2D eigenvalue weighted by Gasteiger charge is -2.21. The van der Waals surface area contributed by atoms with Gasteiger partial charge in [-0.05, 0) is 87.6 Å². The number of carbonyl (C=O) groups is 2. The lowest BCUT2D eigenvalue weighted by molar-refractivity contribution is 0.0507. The number of hydrogen-bond acceptors (Lipinski definition) is 3. The van der Waals surface area contributed by atoms with E-state index >= 15 is 0 Å². The van der Waals surface area contributed by atoms with Crippen LogP contribution < -0.4 is 10.6 Å². The first-order chi connectivity index (χ1) is 17.0.